The molecule has 1 atom stereocenters. The maximum Gasteiger partial charge on any atom is 0.325 e. The van der Waals surface area contributed by atoms with Crippen LogP contribution in [0, 0.1) is 5.92 Å². The smallest absolute Gasteiger partial charge is 0.325 e. The molecule has 34 heavy (non-hydrogen) atoms. The van der Waals surface area contributed by atoms with Gasteiger partial charge in [0.15, 0.2) is 5.82 Å². The van der Waals surface area contributed by atoms with Gasteiger partial charge in [-0.15, -0.1) is 0 Å². The van der Waals surface area contributed by atoms with E-state index >= 15 is 0 Å². The molecule has 3 aromatic rings. The molecule has 0 bridgehead atoms. The molecule has 1 fully saturated rings. The number of anilines is 1. The van der Waals surface area contributed by atoms with Gasteiger partial charge in [-0.05, 0) is 81.2 Å². The van der Waals surface area contributed by atoms with Gasteiger partial charge in [0.05, 0.1) is 12.2 Å². The second-order valence-electron chi connectivity index (χ2n) is 9.10. The van der Waals surface area contributed by atoms with Gasteiger partial charge in [0.1, 0.15) is 12.0 Å². The summed E-state index contributed by atoms with van der Waals surface area (Å²) in [7, 11) is -3.93. The molecule has 180 valence electrons. The lowest BCUT2D eigenvalue weighted by molar-refractivity contribution is 0.316. The number of nitrogens with one attached hydrogen (secondary N) is 1. The lowest BCUT2D eigenvalue weighted by Crippen LogP contribution is -2.16. The van der Waals surface area contributed by atoms with Gasteiger partial charge in [-0.1, -0.05) is 30.3 Å². The number of imidazole rings is 1. The van der Waals surface area contributed by atoms with Gasteiger partial charge in [-0.25, -0.2) is 9.98 Å². The highest BCUT2D eigenvalue weighted by Crippen LogP contribution is 2.44. The van der Waals surface area contributed by atoms with Crippen LogP contribution in [0.3, 0.4) is 0 Å². The molecule has 8 heteroatoms. The van der Waals surface area contributed by atoms with Gasteiger partial charge in [0.25, 0.3) is 0 Å². The number of nitrogens with zero attached hydrogens (tertiary/aromatic N) is 3. The van der Waals surface area contributed by atoms with E-state index in [1.54, 1.807) is 6.21 Å². The van der Waals surface area contributed by atoms with Crippen molar-refractivity contribution in [1.82, 2.24) is 9.55 Å². The van der Waals surface area contributed by atoms with E-state index in [1.165, 1.54) is 5.56 Å². The Balaban J connectivity index is 1.48. The van der Waals surface area contributed by atoms with Crippen molar-refractivity contribution in [3.05, 3.63) is 72.2 Å². The van der Waals surface area contributed by atoms with Crippen molar-refractivity contribution in [1.29, 1.82) is 0 Å². The Kier molecular flexibility index (Phi) is 7.67. The molecule has 0 radical (unpaired) electrons. The Hall–Kier alpha value is -2.73. The minimum Gasteiger partial charge on any atom is -0.377 e. The molecule has 2 aromatic carbocycles. The van der Waals surface area contributed by atoms with Crippen LogP contribution in [0.2, 0.25) is 0 Å². The summed E-state index contributed by atoms with van der Waals surface area (Å²) in [6, 6.07) is 18.6. The van der Waals surface area contributed by atoms with Crippen molar-refractivity contribution in [3.8, 4) is 5.69 Å². The molecular formula is C26H33N4O3P. The molecule has 1 saturated carbocycles. The molecule has 3 N–H and O–H groups in total. The number of rotatable bonds is 8. The third kappa shape index (κ3) is 6.03. The average molecular weight is 481 g/mol. The molecule has 4 rings (SSSR count). The average Bonchev–Trinajstić information content (AvgIpc) is 3.23. The molecule has 1 aliphatic carbocycles. The van der Waals surface area contributed by atoms with E-state index in [0.717, 1.165) is 48.6 Å². The van der Waals surface area contributed by atoms with Crippen molar-refractivity contribution >= 4 is 25.3 Å². The predicted octanol–water partition coefficient (Wildman–Crippen LogP) is 6.22. The Labute approximate surface area is 201 Å². The van der Waals surface area contributed by atoms with Crippen LogP contribution in [-0.4, -0.2) is 31.7 Å². The van der Waals surface area contributed by atoms with Gasteiger partial charge in [-0.3, -0.25) is 9.13 Å². The monoisotopic (exact) mass is 480 g/mol. The zero-order chi connectivity index (χ0) is 24.1. The van der Waals surface area contributed by atoms with Crippen molar-refractivity contribution in [2.24, 2.45) is 10.9 Å². The maximum atomic E-state index is 11.3. The largest absolute Gasteiger partial charge is 0.377 e. The zero-order valence-corrected chi connectivity index (χ0v) is 20.6. The Morgan fingerprint density at radius 1 is 1.12 bits per heavy atom. The van der Waals surface area contributed by atoms with Gasteiger partial charge >= 0.3 is 7.60 Å². The fourth-order valence-electron chi connectivity index (χ4n) is 4.88. The lowest BCUT2D eigenvalue weighted by atomic mass is 9.79. The normalized spacial score (nSPS) is 19.9. The van der Waals surface area contributed by atoms with Crippen molar-refractivity contribution < 1.29 is 14.4 Å². The summed E-state index contributed by atoms with van der Waals surface area (Å²) < 4.78 is 13.3. The molecule has 1 unspecified atom stereocenters. The van der Waals surface area contributed by atoms with Gasteiger partial charge in [0, 0.05) is 17.6 Å². The second kappa shape index (κ2) is 10.7. The highest BCUT2D eigenvalue weighted by Gasteiger charge is 2.27. The number of aromatic nitrogens is 2. The van der Waals surface area contributed by atoms with Crippen LogP contribution >= 0.6 is 7.60 Å². The van der Waals surface area contributed by atoms with Crippen molar-refractivity contribution in [3.63, 3.8) is 0 Å². The fraction of sp³-hybridized carbons (Fsp3) is 0.385. The summed E-state index contributed by atoms with van der Waals surface area (Å²) in [6.45, 7) is 3.99. The summed E-state index contributed by atoms with van der Waals surface area (Å²) in [5.41, 5.74) is 4.20. The molecule has 7 nitrogen and oxygen atoms in total. The van der Waals surface area contributed by atoms with Crippen LogP contribution in [0.25, 0.3) is 5.69 Å². The van der Waals surface area contributed by atoms with E-state index in [0.29, 0.717) is 5.92 Å². The number of aliphatic imine (C=N–C) groups is 1. The Morgan fingerprint density at radius 2 is 1.79 bits per heavy atom. The van der Waals surface area contributed by atoms with Crippen LogP contribution < -0.4 is 5.32 Å². The third-order valence-corrected chi connectivity index (χ3v) is 7.57. The number of hydrogen-bond donors (Lipinski definition) is 3. The molecule has 1 aromatic heterocycles. The van der Waals surface area contributed by atoms with Crippen LogP contribution in [0.5, 0.6) is 0 Å². The third-order valence-electron chi connectivity index (χ3n) is 6.57. The molecule has 0 amide bonds. The first-order valence-electron chi connectivity index (χ1n) is 11.9. The molecule has 0 spiro atoms. The standard InChI is InChI=1S/C26H33N4O3P/c1-3-27-26-25(19(2)29-23-7-5-4-6-8-23)28-18-30(26)24-15-13-22(14-16-24)21-11-9-20(10-12-21)17-34(31,32)33/h3-8,13-16,18-21,29H,9-12,17H2,1-2H3,(H2,31,32,33)/b27-3-. The maximum absolute atomic E-state index is 11.3. The van der Waals surface area contributed by atoms with Crippen LogP contribution in [0.1, 0.15) is 62.7 Å². The molecule has 0 saturated heterocycles. The lowest BCUT2D eigenvalue weighted by Gasteiger charge is -2.29. The number of para-hydroxylation sites is 1. The summed E-state index contributed by atoms with van der Waals surface area (Å²) in [5, 5.41) is 3.49. The van der Waals surface area contributed by atoms with E-state index in [9.17, 15) is 14.4 Å². The van der Waals surface area contributed by atoms with Crippen LogP contribution in [-0.2, 0) is 4.57 Å². The van der Waals surface area contributed by atoms with E-state index in [2.05, 4.69) is 46.5 Å². The summed E-state index contributed by atoms with van der Waals surface area (Å²) in [5.74, 6) is 1.37. The van der Waals surface area contributed by atoms with Gasteiger partial charge in [-0.2, -0.15) is 0 Å². The van der Waals surface area contributed by atoms with Crippen molar-refractivity contribution in [2.75, 3.05) is 11.5 Å². The van der Waals surface area contributed by atoms with Crippen molar-refractivity contribution in [2.45, 2.75) is 51.5 Å². The highest BCUT2D eigenvalue weighted by molar-refractivity contribution is 7.51. The van der Waals surface area contributed by atoms with Crippen LogP contribution in [0.15, 0.2) is 65.9 Å². The SMILES string of the molecule is C/C=N\c1c(C(C)Nc2ccccc2)ncn1-c1ccc(C2CCC(CP(=O)(O)O)CC2)cc1. The quantitative estimate of drug-likeness (QED) is 0.263. The summed E-state index contributed by atoms with van der Waals surface area (Å²) in [4.78, 5) is 27.8. The summed E-state index contributed by atoms with van der Waals surface area (Å²) in [6.07, 6.45) is 7.29. The molecule has 1 aliphatic rings. The first-order chi connectivity index (χ1) is 16.3. The minimum absolute atomic E-state index is 0.00930. The topological polar surface area (TPSA) is 99.7 Å². The second-order valence-corrected chi connectivity index (χ2v) is 10.8. The molecule has 0 aliphatic heterocycles. The van der Waals surface area contributed by atoms with E-state index in [-0.39, 0.29) is 18.1 Å². The van der Waals surface area contributed by atoms with Gasteiger partial charge < -0.3 is 15.1 Å². The van der Waals surface area contributed by atoms with E-state index in [1.807, 2.05) is 48.1 Å². The van der Waals surface area contributed by atoms with Crippen LogP contribution in [0.4, 0.5) is 11.5 Å². The fourth-order valence-corrected chi connectivity index (χ4v) is 5.91. The first kappa shape index (κ1) is 24.4. The first-order valence-corrected chi connectivity index (χ1v) is 13.7. The Bertz CT molecular complexity index is 1150. The van der Waals surface area contributed by atoms with Gasteiger partial charge in [0.2, 0.25) is 0 Å². The molecule has 1 heterocycles. The molecular weight excluding hydrogens is 447 g/mol. The van der Waals surface area contributed by atoms with E-state index < -0.39 is 7.60 Å². The zero-order valence-electron chi connectivity index (χ0n) is 19.7. The Morgan fingerprint density at radius 3 is 2.41 bits per heavy atom. The van der Waals surface area contributed by atoms with E-state index in [4.69, 9.17) is 0 Å². The summed E-state index contributed by atoms with van der Waals surface area (Å²) >= 11 is 0. The highest BCUT2D eigenvalue weighted by atomic mass is 31.2. The predicted molar refractivity (Wildman–Crippen MR) is 137 cm³/mol. The number of benzene rings is 2. The number of hydrogen-bond acceptors (Lipinski definition) is 4. The minimum atomic E-state index is -3.93.